The molecule has 114 valence electrons. The molecule has 1 aliphatic heterocycles. The van der Waals surface area contributed by atoms with E-state index in [4.69, 9.17) is 5.73 Å². The van der Waals surface area contributed by atoms with E-state index < -0.39 is 0 Å². The molecule has 2 fully saturated rings. The van der Waals surface area contributed by atoms with Crippen molar-refractivity contribution in [1.82, 2.24) is 4.90 Å². The highest BCUT2D eigenvalue weighted by Gasteiger charge is 2.51. The summed E-state index contributed by atoms with van der Waals surface area (Å²) >= 11 is 0. The number of anilines is 1. The zero-order valence-electron chi connectivity index (χ0n) is 13.0. The van der Waals surface area contributed by atoms with Gasteiger partial charge in [-0.05, 0) is 42.2 Å². The lowest BCUT2D eigenvalue weighted by Crippen LogP contribution is -2.37. The van der Waals surface area contributed by atoms with Gasteiger partial charge in [0.25, 0.3) is 5.91 Å². The Bertz CT molecular complexity index is 596. The highest BCUT2D eigenvalue weighted by atomic mass is 16.3. The molecule has 0 radical (unpaired) electrons. The first-order chi connectivity index (χ1) is 9.71. The van der Waals surface area contributed by atoms with Gasteiger partial charge in [-0.25, -0.2) is 0 Å². The molecule has 0 aromatic heterocycles. The Morgan fingerprint density at radius 1 is 1.33 bits per heavy atom. The quantitative estimate of drug-likeness (QED) is 0.616. The summed E-state index contributed by atoms with van der Waals surface area (Å²) in [6.07, 6.45) is 3.23. The Kier molecular flexibility index (Phi) is 2.98. The first-order valence-electron chi connectivity index (χ1n) is 7.59. The van der Waals surface area contributed by atoms with E-state index in [-0.39, 0.29) is 34.2 Å². The smallest absolute Gasteiger partial charge is 0.257 e. The summed E-state index contributed by atoms with van der Waals surface area (Å²) in [5.74, 6) is -0.181. The lowest BCUT2D eigenvalue weighted by Gasteiger charge is -2.39. The molecular formula is C17H24N2O2. The van der Waals surface area contributed by atoms with Crippen molar-refractivity contribution in [3.05, 3.63) is 23.8 Å². The molecule has 1 aromatic carbocycles. The minimum atomic E-state index is -0.0915. The molecule has 1 saturated heterocycles. The number of likely N-dealkylation sites (tertiary alicyclic amines) is 1. The lowest BCUT2D eigenvalue weighted by molar-refractivity contribution is 0.0705. The van der Waals surface area contributed by atoms with Gasteiger partial charge in [0, 0.05) is 12.6 Å². The molecule has 2 bridgehead atoms. The van der Waals surface area contributed by atoms with Crippen molar-refractivity contribution >= 4 is 11.6 Å². The number of hydrogen-bond donors (Lipinski definition) is 2. The fourth-order valence-corrected chi connectivity index (χ4v) is 4.59. The zero-order chi connectivity index (χ0) is 15.4. The average Bonchev–Trinajstić information content (AvgIpc) is 2.61. The zero-order valence-corrected chi connectivity index (χ0v) is 13.0. The lowest BCUT2D eigenvalue weighted by atomic mass is 9.65. The molecule has 21 heavy (non-hydrogen) atoms. The summed E-state index contributed by atoms with van der Waals surface area (Å²) in [7, 11) is 0. The van der Waals surface area contributed by atoms with Crippen molar-refractivity contribution in [3.63, 3.8) is 0 Å². The third-order valence-electron chi connectivity index (χ3n) is 4.97. The Morgan fingerprint density at radius 2 is 2.05 bits per heavy atom. The van der Waals surface area contributed by atoms with Gasteiger partial charge in [0.05, 0.1) is 11.3 Å². The minimum Gasteiger partial charge on any atom is -0.505 e. The molecular weight excluding hydrogens is 264 g/mol. The van der Waals surface area contributed by atoms with Gasteiger partial charge in [0.15, 0.2) is 5.75 Å². The predicted molar refractivity (Wildman–Crippen MR) is 83.1 cm³/mol. The predicted octanol–water partition coefficient (Wildman–Crippen LogP) is 3.02. The maximum atomic E-state index is 12.8. The summed E-state index contributed by atoms with van der Waals surface area (Å²) in [5.41, 5.74) is 6.75. The molecule has 4 heteroatoms. The van der Waals surface area contributed by atoms with E-state index in [2.05, 4.69) is 20.8 Å². The second kappa shape index (κ2) is 4.39. The molecule has 3 N–H and O–H groups in total. The standard InChI is InChI=1S/C17H24N2O2/c1-16(2)7-11-8-17(3,9-16)10-19(11)15(21)12-5-4-6-13(18)14(12)20/h4-6,11,20H,7-10,18H2,1-3H3. The van der Waals surface area contributed by atoms with E-state index in [0.717, 1.165) is 25.8 Å². The van der Waals surface area contributed by atoms with Gasteiger partial charge in [-0.15, -0.1) is 0 Å². The number of amides is 1. The number of aromatic hydroxyl groups is 1. The number of phenols is 1. The van der Waals surface area contributed by atoms with E-state index in [1.807, 2.05) is 4.90 Å². The number of hydrogen-bond acceptors (Lipinski definition) is 3. The third kappa shape index (κ3) is 2.37. The summed E-state index contributed by atoms with van der Waals surface area (Å²) in [5, 5.41) is 10.1. The van der Waals surface area contributed by atoms with E-state index in [0.29, 0.717) is 5.56 Å². The molecule has 2 aliphatic rings. The number of nitrogens with zero attached hydrogens (tertiary/aromatic N) is 1. The van der Waals surface area contributed by atoms with Crippen LogP contribution in [0.25, 0.3) is 0 Å². The molecule has 3 rings (SSSR count). The normalized spacial score (nSPS) is 30.4. The van der Waals surface area contributed by atoms with Crippen molar-refractivity contribution in [2.24, 2.45) is 10.8 Å². The van der Waals surface area contributed by atoms with Crippen LogP contribution in [0.5, 0.6) is 5.75 Å². The molecule has 2 unspecified atom stereocenters. The number of nitrogens with two attached hydrogens (primary N) is 1. The second-order valence-electron chi connectivity index (χ2n) is 7.89. The van der Waals surface area contributed by atoms with Gasteiger partial charge in [-0.2, -0.15) is 0 Å². The monoisotopic (exact) mass is 288 g/mol. The Labute approximate surface area is 125 Å². The number of benzene rings is 1. The van der Waals surface area contributed by atoms with Crippen LogP contribution in [0.2, 0.25) is 0 Å². The number of para-hydroxylation sites is 1. The molecule has 1 aliphatic carbocycles. The van der Waals surface area contributed by atoms with Gasteiger partial charge in [-0.1, -0.05) is 26.8 Å². The van der Waals surface area contributed by atoms with Crippen LogP contribution in [0, 0.1) is 10.8 Å². The van der Waals surface area contributed by atoms with E-state index >= 15 is 0 Å². The number of fused-ring (bicyclic) bond motifs is 2. The fourth-order valence-electron chi connectivity index (χ4n) is 4.59. The summed E-state index contributed by atoms with van der Waals surface area (Å²) in [6.45, 7) is 7.61. The first kappa shape index (κ1) is 14.2. The van der Waals surface area contributed by atoms with Crippen molar-refractivity contribution in [1.29, 1.82) is 0 Å². The van der Waals surface area contributed by atoms with Crippen molar-refractivity contribution in [2.75, 3.05) is 12.3 Å². The highest BCUT2D eigenvalue weighted by Crippen LogP contribution is 2.52. The van der Waals surface area contributed by atoms with Crippen LogP contribution < -0.4 is 5.73 Å². The van der Waals surface area contributed by atoms with E-state index in [1.165, 1.54) is 0 Å². The first-order valence-corrected chi connectivity index (χ1v) is 7.59. The van der Waals surface area contributed by atoms with Crippen LogP contribution in [0.15, 0.2) is 18.2 Å². The molecule has 1 saturated carbocycles. The number of rotatable bonds is 1. The van der Waals surface area contributed by atoms with Crippen LogP contribution >= 0.6 is 0 Å². The summed E-state index contributed by atoms with van der Waals surface area (Å²) in [6, 6.07) is 5.26. The topological polar surface area (TPSA) is 66.6 Å². The average molecular weight is 288 g/mol. The Hall–Kier alpha value is -1.71. The maximum Gasteiger partial charge on any atom is 0.257 e. The van der Waals surface area contributed by atoms with E-state index in [1.54, 1.807) is 18.2 Å². The highest BCUT2D eigenvalue weighted by molar-refractivity contribution is 5.98. The van der Waals surface area contributed by atoms with Gasteiger partial charge in [0.1, 0.15) is 0 Å². The maximum absolute atomic E-state index is 12.8. The Balaban J connectivity index is 1.92. The fraction of sp³-hybridized carbons (Fsp3) is 0.588. The number of nitrogen functional groups attached to an aromatic ring is 1. The SMILES string of the molecule is CC1(C)CC2CC(C)(CN2C(=O)c2cccc(N)c2O)C1. The Morgan fingerprint density at radius 3 is 2.76 bits per heavy atom. The summed E-state index contributed by atoms with van der Waals surface area (Å²) < 4.78 is 0. The molecule has 1 amide bonds. The summed E-state index contributed by atoms with van der Waals surface area (Å²) in [4.78, 5) is 14.8. The van der Waals surface area contributed by atoms with Crippen molar-refractivity contribution in [2.45, 2.75) is 46.1 Å². The molecule has 2 atom stereocenters. The van der Waals surface area contributed by atoms with Gasteiger partial charge in [-0.3, -0.25) is 4.79 Å². The van der Waals surface area contributed by atoms with Gasteiger partial charge < -0.3 is 15.7 Å². The van der Waals surface area contributed by atoms with Gasteiger partial charge >= 0.3 is 0 Å². The van der Waals surface area contributed by atoms with Crippen LogP contribution in [0.3, 0.4) is 0 Å². The third-order valence-corrected chi connectivity index (χ3v) is 4.97. The number of carbonyl (C=O) groups excluding carboxylic acids is 1. The van der Waals surface area contributed by atoms with Gasteiger partial charge in [0.2, 0.25) is 0 Å². The molecule has 0 spiro atoms. The van der Waals surface area contributed by atoms with Crippen LogP contribution in [-0.4, -0.2) is 28.5 Å². The van der Waals surface area contributed by atoms with Crippen molar-refractivity contribution in [3.8, 4) is 5.75 Å². The van der Waals surface area contributed by atoms with E-state index in [9.17, 15) is 9.90 Å². The number of phenolic OH excluding ortho intramolecular Hbond substituents is 1. The molecule has 4 nitrogen and oxygen atoms in total. The van der Waals surface area contributed by atoms with Crippen molar-refractivity contribution < 1.29 is 9.90 Å². The van der Waals surface area contributed by atoms with Crippen LogP contribution in [0.1, 0.15) is 50.4 Å². The largest absolute Gasteiger partial charge is 0.505 e. The van der Waals surface area contributed by atoms with Crippen LogP contribution in [0.4, 0.5) is 5.69 Å². The minimum absolute atomic E-state index is 0.0895. The molecule has 1 aromatic rings. The number of carbonyl (C=O) groups is 1. The van der Waals surface area contributed by atoms with Crippen LogP contribution in [-0.2, 0) is 0 Å². The molecule has 1 heterocycles. The second-order valence-corrected chi connectivity index (χ2v) is 7.89.